The summed E-state index contributed by atoms with van der Waals surface area (Å²) in [6.07, 6.45) is 1.72. The van der Waals surface area contributed by atoms with E-state index in [-0.39, 0.29) is 10.8 Å². The lowest BCUT2D eigenvalue weighted by Gasteiger charge is -2.14. The minimum absolute atomic E-state index is 0.243. The van der Waals surface area contributed by atoms with Crippen molar-refractivity contribution < 1.29 is 9.90 Å². The third kappa shape index (κ3) is 2.95. The van der Waals surface area contributed by atoms with Gasteiger partial charge in [-0.25, -0.2) is 9.78 Å². The van der Waals surface area contributed by atoms with Crippen LogP contribution in [0.1, 0.15) is 26.9 Å². The van der Waals surface area contributed by atoms with Crippen LogP contribution in [0.2, 0.25) is 0 Å². The number of nitrogens with one attached hydrogen (secondary N) is 1. The van der Waals surface area contributed by atoms with E-state index < -0.39 is 5.97 Å². The normalized spacial score (nSPS) is 12.2. The highest BCUT2D eigenvalue weighted by atomic mass is 32.1. The van der Waals surface area contributed by atoms with E-state index in [1.807, 2.05) is 36.4 Å². The number of aromatic nitrogens is 3. The van der Waals surface area contributed by atoms with Crippen molar-refractivity contribution in [3.8, 4) is 11.4 Å². The monoisotopic (exact) mass is 361 g/mol. The Morgan fingerprint density at radius 3 is 2.54 bits per heavy atom. The number of carboxylic acids is 1. The van der Waals surface area contributed by atoms with Crippen molar-refractivity contribution in [3.63, 3.8) is 0 Å². The van der Waals surface area contributed by atoms with Crippen molar-refractivity contribution in [1.29, 1.82) is 0 Å². The summed E-state index contributed by atoms with van der Waals surface area (Å²) in [5.41, 5.74) is 4.59. The fourth-order valence-corrected chi connectivity index (χ4v) is 3.26. The second-order valence-corrected chi connectivity index (χ2v) is 6.38. The van der Waals surface area contributed by atoms with Crippen LogP contribution in [0.25, 0.3) is 22.4 Å². The average Bonchev–Trinajstić information content (AvgIpc) is 3.11. The number of imidazole rings is 1. The first kappa shape index (κ1) is 16.4. The lowest BCUT2D eigenvalue weighted by molar-refractivity contribution is 0.0697. The standard InChI is InChI=1S/C20H15N3O2S/c24-20(25)13-9-7-12(8-10-13)18(26)17-14(4-3-11-21-17)19-22-15-5-1-2-6-16(15)23-19/h1-11,18,26H,(H,22,23)(H,24,25). The lowest BCUT2D eigenvalue weighted by atomic mass is 10.0. The minimum Gasteiger partial charge on any atom is -0.478 e. The number of carbonyl (C=O) groups is 1. The Balaban J connectivity index is 1.76. The first-order valence-electron chi connectivity index (χ1n) is 8.05. The van der Waals surface area contributed by atoms with Gasteiger partial charge < -0.3 is 10.1 Å². The van der Waals surface area contributed by atoms with Gasteiger partial charge in [-0.3, -0.25) is 4.98 Å². The molecule has 0 spiro atoms. The number of hydrogen-bond acceptors (Lipinski definition) is 4. The molecule has 0 aliphatic carbocycles. The zero-order valence-electron chi connectivity index (χ0n) is 13.6. The number of aromatic carboxylic acids is 1. The van der Waals surface area contributed by atoms with Gasteiger partial charge in [0, 0.05) is 11.8 Å². The van der Waals surface area contributed by atoms with Gasteiger partial charge >= 0.3 is 5.97 Å². The number of aromatic amines is 1. The maximum absolute atomic E-state index is 11.0. The van der Waals surface area contributed by atoms with Gasteiger partial charge in [-0.1, -0.05) is 24.3 Å². The second kappa shape index (κ2) is 6.65. The van der Waals surface area contributed by atoms with E-state index in [0.717, 1.165) is 33.7 Å². The average molecular weight is 361 g/mol. The summed E-state index contributed by atoms with van der Waals surface area (Å²) in [6.45, 7) is 0. The fraction of sp³-hybridized carbons (Fsp3) is 0.0500. The molecule has 0 saturated carbocycles. The molecule has 2 aromatic heterocycles. The van der Waals surface area contributed by atoms with Crippen molar-refractivity contribution in [2.45, 2.75) is 5.25 Å². The Morgan fingerprint density at radius 2 is 1.81 bits per heavy atom. The lowest BCUT2D eigenvalue weighted by Crippen LogP contribution is -2.02. The molecular formula is C20H15N3O2S. The number of benzene rings is 2. The molecule has 0 aliphatic rings. The largest absolute Gasteiger partial charge is 0.478 e. The summed E-state index contributed by atoms with van der Waals surface area (Å²) in [7, 11) is 0. The van der Waals surface area contributed by atoms with Crippen LogP contribution in [0.3, 0.4) is 0 Å². The fourth-order valence-electron chi connectivity index (χ4n) is 2.88. The molecule has 1 atom stereocenters. The van der Waals surface area contributed by atoms with Crippen LogP contribution in [0.5, 0.6) is 0 Å². The first-order chi connectivity index (χ1) is 12.6. The zero-order chi connectivity index (χ0) is 18.1. The molecule has 4 rings (SSSR count). The topological polar surface area (TPSA) is 78.9 Å². The maximum atomic E-state index is 11.0. The number of nitrogens with zero attached hydrogens (tertiary/aromatic N) is 2. The molecule has 0 amide bonds. The molecule has 2 N–H and O–H groups in total. The van der Waals surface area contributed by atoms with Crippen molar-refractivity contribution in [3.05, 3.63) is 83.7 Å². The molecule has 0 radical (unpaired) electrons. The van der Waals surface area contributed by atoms with E-state index in [2.05, 4.69) is 15.0 Å². The van der Waals surface area contributed by atoms with Crippen LogP contribution in [-0.2, 0) is 0 Å². The predicted octanol–water partition coefficient (Wildman–Crippen LogP) is 4.34. The van der Waals surface area contributed by atoms with Crippen LogP contribution in [-0.4, -0.2) is 26.0 Å². The van der Waals surface area contributed by atoms with Crippen LogP contribution in [0.15, 0.2) is 66.9 Å². The third-order valence-corrected chi connectivity index (χ3v) is 4.76. The number of fused-ring (bicyclic) bond motifs is 1. The Bertz CT molecular complexity index is 1060. The summed E-state index contributed by atoms with van der Waals surface area (Å²) < 4.78 is 0. The second-order valence-electron chi connectivity index (χ2n) is 5.87. The highest BCUT2D eigenvalue weighted by Gasteiger charge is 2.18. The molecule has 0 fully saturated rings. The highest BCUT2D eigenvalue weighted by Crippen LogP contribution is 2.33. The van der Waals surface area contributed by atoms with Gasteiger partial charge in [0.05, 0.1) is 27.5 Å². The summed E-state index contributed by atoms with van der Waals surface area (Å²) >= 11 is 4.73. The predicted molar refractivity (Wildman–Crippen MR) is 104 cm³/mol. The smallest absolute Gasteiger partial charge is 0.335 e. The summed E-state index contributed by atoms with van der Waals surface area (Å²) in [5.74, 6) is -0.219. The van der Waals surface area contributed by atoms with E-state index in [4.69, 9.17) is 17.7 Å². The molecule has 128 valence electrons. The van der Waals surface area contributed by atoms with Crippen LogP contribution < -0.4 is 0 Å². The summed E-state index contributed by atoms with van der Waals surface area (Å²) in [5, 5.41) is 8.75. The number of rotatable bonds is 4. The number of carboxylic acid groups (broad SMARTS) is 1. The molecule has 0 aliphatic heterocycles. The summed E-state index contributed by atoms with van der Waals surface area (Å²) in [6, 6.07) is 18.3. The number of pyridine rings is 1. The van der Waals surface area contributed by atoms with E-state index >= 15 is 0 Å². The molecule has 26 heavy (non-hydrogen) atoms. The van der Waals surface area contributed by atoms with E-state index in [1.165, 1.54) is 0 Å². The molecule has 0 saturated heterocycles. The van der Waals surface area contributed by atoms with Gasteiger partial charge in [-0.05, 0) is 42.0 Å². The number of thiol groups is 1. The SMILES string of the molecule is O=C(O)c1ccc(C(S)c2ncccc2-c2nc3ccccc3[nH]2)cc1. The molecule has 1 unspecified atom stereocenters. The van der Waals surface area contributed by atoms with E-state index in [9.17, 15) is 4.79 Å². The highest BCUT2D eigenvalue weighted by molar-refractivity contribution is 7.80. The molecule has 6 heteroatoms. The van der Waals surface area contributed by atoms with Crippen molar-refractivity contribution in [2.24, 2.45) is 0 Å². The summed E-state index contributed by atoms with van der Waals surface area (Å²) in [4.78, 5) is 23.5. The number of H-pyrrole nitrogens is 1. The van der Waals surface area contributed by atoms with Gasteiger partial charge in [0.1, 0.15) is 5.82 Å². The Hall–Kier alpha value is -3.12. The maximum Gasteiger partial charge on any atom is 0.335 e. The minimum atomic E-state index is -0.951. The zero-order valence-corrected chi connectivity index (χ0v) is 14.5. The Labute approximate surface area is 155 Å². The molecule has 2 aromatic carbocycles. The van der Waals surface area contributed by atoms with E-state index in [0.29, 0.717) is 0 Å². The quantitative estimate of drug-likeness (QED) is 0.472. The molecule has 4 aromatic rings. The Morgan fingerprint density at radius 1 is 1.04 bits per heavy atom. The van der Waals surface area contributed by atoms with Crippen molar-refractivity contribution in [1.82, 2.24) is 15.0 Å². The van der Waals surface area contributed by atoms with Gasteiger partial charge in [0.15, 0.2) is 0 Å². The molecule has 5 nitrogen and oxygen atoms in total. The van der Waals surface area contributed by atoms with Crippen molar-refractivity contribution >= 4 is 29.6 Å². The van der Waals surface area contributed by atoms with Gasteiger partial charge in [-0.2, -0.15) is 12.6 Å². The first-order valence-corrected chi connectivity index (χ1v) is 8.56. The molecule has 0 bridgehead atoms. The Kier molecular flexibility index (Phi) is 4.18. The van der Waals surface area contributed by atoms with Gasteiger partial charge in [-0.15, -0.1) is 0 Å². The van der Waals surface area contributed by atoms with Crippen LogP contribution >= 0.6 is 12.6 Å². The van der Waals surface area contributed by atoms with E-state index in [1.54, 1.807) is 30.5 Å². The van der Waals surface area contributed by atoms with Crippen LogP contribution in [0.4, 0.5) is 0 Å². The van der Waals surface area contributed by atoms with Crippen LogP contribution in [0, 0.1) is 0 Å². The molecular weight excluding hydrogens is 346 g/mol. The van der Waals surface area contributed by atoms with Crippen molar-refractivity contribution in [2.75, 3.05) is 0 Å². The third-order valence-electron chi connectivity index (χ3n) is 4.22. The number of hydrogen-bond donors (Lipinski definition) is 3. The molecule has 2 heterocycles. The van der Waals surface area contributed by atoms with Gasteiger partial charge in [0.25, 0.3) is 0 Å². The van der Waals surface area contributed by atoms with Gasteiger partial charge in [0.2, 0.25) is 0 Å². The number of para-hydroxylation sites is 2.